The highest BCUT2D eigenvalue weighted by Crippen LogP contribution is 2.27. The maximum absolute atomic E-state index is 11.5. The molecule has 0 fully saturated rings. The number of alkyl halides is 6. The van der Waals surface area contributed by atoms with E-state index in [9.17, 15) is 43.2 Å². The van der Waals surface area contributed by atoms with Gasteiger partial charge in [0, 0.05) is 18.9 Å². The molecule has 0 atom stereocenters. The minimum atomic E-state index is -6.60. The van der Waals surface area contributed by atoms with Gasteiger partial charge in [-0.3, -0.25) is 0 Å². The van der Waals surface area contributed by atoms with Gasteiger partial charge in [-0.2, -0.15) is 26.3 Å². The van der Waals surface area contributed by atoms with E-state index in [4.69, 9.17) is 0 Å². The van der Waals surface area contributed by atoms with Crippen molar-refractivity contribution in [2.45, 2.75) is 43.6 Å². The van der Waals surface area contributed by atoms with Gasteiger partial charge in [0.2, 0.25) is 0 Å². The fourth-order valence-corrected chi connectivity index (χ4v) is 3.64. The molecule has 166 valence electrons. The summed E-state index contributed by atoms with van der Waals surface area (Å²) in [4.78, 5) is 4.43. The fraction of sp³-hybridized carbons (Fsp3) is 0.692. The lowest BCUT2D eigenvalue weighted by Crippen LogP contribution is -2.45. The zero-order chi connectivity index (χ0) is 22.2. The molecule has 0 radical (unpaired) electrons. The third-order valence-electron chi connectivity index (χ3n) is 3.18. The Labute approximate surface area is 159 Å². The molecule has 0 aromatic heterocycles. The van der Waals surface area contributed by atoms with Gasteiger partial charge in [0.25, 0.3) is 0 Å². The Morgan fingerprint density at radius 2 is 1.46 bits per heavy atom. The third-order valence-corrected chi connectivity index (χ3v) is 6.15. The predicted molar refractivity (Wildman–Crippen MR) is 90.0 cm³/mol. The Hall–Kier alpha value is -1.48. The highest BCUT2D eigenvalue weighted by molar-refractivity contribution is 8.05. The second-order valence-corrected chi connectivity index (χ2v) is 9.10. The zero-order valence-corrected chi connectivity index (χ0v) is 16.4. The van der Waals surface area contributed by atoms with Crippen molar-refractivity contribution < 1.29 is 43.2 Å². The van der Waals surface area contributed by atoms with Crippen LogP contribution in [0.1, 0.15) is 32.6 Å². The van der Waals surface area contributed by atoms with E-state index in [1.54, 1.807) is 0 Å². The van der Waals surface area contributed by atoms with E-state index in [2.05, 4.69) is 35.7 Å². The number of unbranched alkanes of at least 4 members (excludes halogenated alkanes) is 3. The molecule has 1 N–H and O–H groups in total. The van der Waals surface area contributed by atoms with Crippen molar-refractivity contribution in [3.05, 3.63) is 25.2 Å². The Bertz CT molecular complexity index is 690. The van der Waals surface area contributed by atoms with Crippen molar-refractivity contribution in [2.75, 3.05) is 13.2 Å². The highest BCUT2D eigenvalue weighted by Gasteiger charge is 2.55. The minimum absolute atomic E-state index is 0.493. The van der Waals surface area contributed by atoms with Gasteiger partial charge in [-0.1, -0.05) is 36.9 Å². The van der Waals surface area contributed by atoms with E-state index in [1.165, 1.54) is 32.2 Å². The Morgan fingerprint density at radius 3 is 1.82 bits per heavy atom. The van der Waals surface area contributed by atoms with E-state index in [-0.39, 0.29) is 0 Å². The number of halogens is 6. The lowest BCUT2D eigenvalue weighted by atomic mass is 10.2. The normalized spacial score (nSPS) is 15.4. The summed E-state index contributed by atoms with van der Waals surface area (Å²) in [7, 11) is -13.2. The first kappa shape index (κ1) is 26.5. The van der Waals surface area contributed by atoms with E-state index in [1.807, 2.05) is 6.20 Å². The molecule has 1 heterocycles. The number of rotatable bonds is 8. The average molecular weight is 461 g/mol. The summed E-state index contributed by atoms with van der Waals surface area (Å²) in [5.41, 5.74) is -12.3. The van der Waals surface area contributed by atoms with Crippen LogP contribution in [0, 0.1) is 0 Å². The predicted octanol–water partition coefficient (Wildman–Crippen LogP) is 3.03. The monoisotopic (exact) mass is 461 g/mol. The lowest BCUT2D eigenvalue weighted by molar-refractivity contribution is -0.0476. The second kappa shape index (κ2) is 10.3. The summed E-state index contributed by atoms with van der Waals surface area (Å²) < 4.78 is 108. The first-order valence-corrected chi connectivity index (χ1v) is 10.8. The Balaban J connectivity index is 0.000000525. The molecule has 1 rings (SSSR count). The molecular formula is C13H21F6N3O4S2. The van der Waals surface area contributed by atoms with Crippen molar-refractivity contribution in [3.8, 4) is 0 Å². The van der Waals surface area contributed by atoms with Crippen molar-refractivity contribution >= 4 is 20.0 Å². The van der Waals surface area contributed by atoms with Gasteiger partial charge in [-0.15, -0.1) is 0 Å². The van der Waals surface area contributed by atoms with Crippen LogP contribution >= 0.6 is 0 Å². The topological polar surface area (TPSA) is 86.8 Å². The van der Waals surface area contributed by atoms with Gasteiger partial charge < -0.3 is 9.80 Å². The van der Waals surface area contributed by atoms with Gasteiger partial charge in [-0.25, -0.2) is 16.8 Å². The van der Waals surface area contributed by atoms with Gasteiger partial charge in [0.15, 0.2) is 0 Å². The molecule has 1 aliphatic rings. The lowest BCUT2D eigenvalue weighted by Gasteiger charge is -2.17. The molecule has 0 aromatic rings. The third kappa shape index (κ3) is 8.68. The zero-order valence-electron chi connectivity index (χ0n) is 14.8. The molecule has 0 unspecified atom stereocenters. The average Bonchev–Trinajstić information content (AvgIpc) is 2.97. The number of hydrogen-bond acceptors (Lipinski definition) is 6. The summed E-state index contributed by atoms with van der Waals surface area (Å²) in [6.45, 7) is 8.14. The van der Waals surface area contributed by atoms with Crippen LogP contribution in [0.15, 0.2) is 25.2 Å². The van der Waals surface area contributed by atoms with Crippen molar-refractivity contribution in [3.63, 3.8) is 0 Å². The van der Waals surface area contributed by atoms with Crippen LogP contribution in [0.2, 0.25) is 0 Å². The molecule has 0 saturated carbocycles. The molecular weight excluding hydrogens is 440 g/mol. The number of nitrogens with zero attached hydrogens (tertiary/aromatic N) is 2. The fourth-order valence-electron chi connectivity index (χ4n) is 1.73. The van der Waals surface area contributed by atoms with Crippen LogP contribution in [0.4, 0.5) is 26.3 Å². The van der Waals surface area contributed by atoms with Gasteiger partial charge in [-0.05, 0) is 12.6 Å². The first-order chi connectivity index (χ1) is 12.6. The number of hydrogen-bond donors (Lipinski definition) is 1. The summed E-state index contributed by atoms with van der Waals surface area (Å²) in [6.07, 6.45) is 11.4. The molecule has 15 heteroatoms. The minimum Gasteiger partial charge on any atom is -0.358 e. The standard InChI is InChI=1S/C11H20N2.C2HF6NO4S2/c1-3-5-6-7-8-13-10-9-12(4-2)11-13;3-1(4,5)14(10,11)9-15(12,13)2(6,7)8/h4,9-10H,2-3,5-8,11H2,1H3;9H. The van der Waals surface area contributed by atoms with Crippen LogP contribution in [-0.2, 0) is 20.0 Å². The Kier molecular flexibility index (Phi) is 9.79. The SMILES string of the molecule is C=CN1C=CN(CCCCCC)C1.O=S(=O)(NS(=O)(=O)C(F)(F)F)C(F)(F)F. The molecule has 0 spiro atoms. The summed E-state index contributed by atoms with van der Waals surface area (Å²) >= 11 is 0. The van der Waals surface area contributed by atoms with Crippen LogP contribution in [0.5, 0.6) is 0 Å². The molecule has 1 aliphatic heterocycles. The highest BCUT2D eigenvalue weighted by atomic mass is 32.3. The molecule has 0 bridgehead atoms. The molecule has 0 amide bonds. The van der Waals surface area contributed by atoms with Crippen LogP contribution < -0.4 is 4.13 Å². The van der Waals surface area contributed by atoms with E-state index in [0.29, 0.717) is 0 Å². The number of nitrogens with one attached hydrogen (secondary N) is 1. The van der Waals surface area contributed by atoms with Crippen molar-refractivity contribution in [1.29, 1.82) is 0 Å². The van der Waals surface area contributed by atoms with E-state index < -0.39 is 35.2 Å². The summed E-state index contributed by atoms with van der Waals surface area (Å²) in [6, 6.07) is 0. The first-order valence-electron chi connectivity index (χ1n) is 7.79. The molecule has 0 aromatic carbocycles. The summed E-state index contributed by atoms with van der Waals surface area (Å²) in [5, 5.41) is 0. The van der Waals surface area contributed by atoms with Crippen LogP contribution in [0.3, 0.4) is 0 Å². The maximum atomic E-state index is 11.5. The van der Waals surface area contributed by atoms with Crippen molar-refractivity contribution in [2.24, 2.45) is 0 Å². The van der Waals surface area contributed by atoms with Gasteiger partial charge in [0.1, 0.15) is 0 Å². The second-order valence-electron chi connectivity index (χ2n) is 5.49. The quantitative estimate of drug-likeness (QED) is 0.442. The summed E-state index contributed by atoms with van der Waals surface area (Å²) in [5.74, 6) is 0. The molecule has 0 saturated heterocycles. The number of sulfonamides is 2. The van der Waals surface area contributed by atoms with Gasteiger partial charge in [0.05, 0.1) is 6.67 Å². The smallest absolute Gasteiger partial charge is 0.358 e. The Morgan fingerprint density at radius 1 is 0.964 bits per heavy atom. The largest absolute Gasteiger partial charge is 0.512 e. The molecule has 28 heavy (non-hydrogen) atoms. The van der Waals surface area contributed by atoms with E-state index >= 15 is 0 Å². The van der Waals surface area contributed by atoms with Crippen molar-refractivity contribution in [1.82, 2.24) is 13.9 Å². The van der Waals surface area contributed by atoms with Crippen LogP contribution in [0.25, 0.3) is 0 Å². The van der Waals surface area contributed by atoms with Crippen LogP contribution in [-0.4, -0.2) is 50.9 Å². The maximum Gasteiger partial charge on any atom is 0.512 e. The van der Waals surface area contributed by atoms with E-state index in [0.717, 1.165) is 6.67 Å². The van der Waals surface area contributed by atoms with Gasteiger partial charge >= 0.3 is 31.1 Å². The molecule has 7 nitrogen and oxygen atoms in total. The molecule has 0 aliphatic carbocycles.